The number of carbonyl (C=O) groups is 1. The van der Waals surface area contributed by atoms with Crippen molar-refractivity contribution < 1.29 is 22.7 Å². The summed E-state index contributed by atoms with van der Waals surface area (Å²) in [6.45, 7) is 0.702. The minimum atomic E-state index is -4.31. The van der Waals surface area contributed by atoms with E-state index in [9.17, 15) is 18.0 Å². The van der Waals surface area contributed by atoms with Crippen LogP contribution in [0.5, 0.6) is 0 Å². The second-order valence-corrected chi connectivity index (χ2v) is 2.84. The average Bonchev–Trinajstić information content (AvgIpc) is 1.79. The van der Waals surface area contributed by atoms with E-state index >= 15 is 0 Å². The van der Waals surface area contributed by atoms with E-state index in [0.29, 0.717) is 0 Å². The summed E-state index contributed by atoms with van der Waals surface area (Å²) in [4.78, 5) is 10.2. The number of hydrogen-bond acceptors (Lipinski definition) is 2. The fourth-order valence-corrected chi connectivity index (χ4v) is 0.756. The lowest BCUT2D eigenvalue weighted by Gasteiger charge is -2.11. The Hall–Kier alpha value is -0.450. The van der Waals surface area contributed by atoms with E-state index in [-0.39, 0.29) is 0 Å². The number of carbonyl (C=O) groups excluding carboxylic acids is 1. The largest absolute Gasteiger partial charge is 0.464 e. The maximum absolute atomic E-state index is 11.6. The Morgan fingerprint density at radius 2 is 2.08 bits per heavy atom. The van der Waals surface area contributed by atoms with Crippen molar-refractivity contribution in [2.75, 3.05) is 6.61 Å². The number of hydrogen-bond donors (Lipinski definition) is 0. The van der Waals surface area contributed by atoms with Gasteiger partial charge in [0.15, 0.2) is 0 Å². The van der Waals surface area contributed by atoms with E-state index in [0.717, 1.165) is 6.92 Å². The van der Waals surface area contributed by atoms with E-state index in [1.165, 1.54) is 0 Å². The van der Waals surface area contributed by atoms with Crippen molar-refractivity contribution in [1.29, 1.82) is 0 Å². The van der Waals surface area contributed by atoms with Gasteiger partial charge in [0.25, 0.3) is 0 Å². The highest BCUT2D eigenvalue weighted by molar-refractivity contribution is 6.20. The van der Waals surface area contributed by atoms with Gasteiger partial charge < -0.3 is 4.74 Å². The van der Waals surface area contributed by atoms with Crippen LogP contribution < -0.4 is 0 Å². The summed E-state index contributed by atoms with van der Waals surface area (Å²) < 4.78 is 39.1. The lowest BCUT2D eigenvalue weighted by Crippen LogP contribution is -2.20. The molecular weight excluding hydrogens is 197 g/mol. The molecule has 0 spiro atoms. The van der Waals surface area contributed by atoms with E-state index in [4.69, 9.17) is 11.6 Å². The lowest BCUT2D eigenvalue weighted by molar-refractivity contribution is -0.147. The lowest BCUT2D eigenvalue weighted by atomic mass is 10.3. The normalized spacial score (nSPS) is 14.1. The van der Waals surface area contributed by atoms with Crippen molar-refractivity contribution in [3.05, 3.63) is 0 Å². The monoisotopic (exact) mass is 204 g/mol. The predicted molar refractivity (Wildman–Crippen MR) is 36.9 cm³/mol. The van der Waals surface area contributed by atoms with E-state index < -0.39 is 30.6 Å². The Labute approximate surface area is 72.6 Å². The first-order valence-electron chi connectivity index (χ1n) is 3.15. The Balaban J connectivity index is 3.60. The molecule has 0 N–H and O–H groups in total. The number of ether oxygens (including phenoxy) is 1. The molecule has 0 bridgehead atoms. The number of halogens is 4. The number of rotatable bonds is 3. The molecule has 0 fully saturated rings. The summed E-state index contributed by atoms with van der Waals surface area (Å²) in [5.41, 5.74) is 0. The molecule has 0 aromatic carbocycles. The molecule has 72 valence electrons. The van der Waals surface area contributed by atoms with Gasteiger partial charge in [-0.15, -0.1) is 11.6 Å². The molecule has 0 aromatic rings. The molecule has 0 rings (SSSR count). The van der Waals surface area contributed by atoms with Crippen LogP contribution >= 0.6 is 11.6 Å². The smallest absolute Gasteiger partial charge is 0.390 e. The van der Waals surface area contributed by atoms with Gasteiger partial charge in [0, 0.05) is 6.92 Å². The molecule has 12 heavy (non-hydrogen) atoms. The highest BCUT2D eigenvalue weighted by atomic mass is 35.5. The van der Waals surface area contributed by atoms with Crippen molar-refractivity contribution >= 4 is 17.6 Å². The van der Waals surface area contributed by atoms with Crippen LogP contribution in [0.2, 0.25) is 0 Å². The second kappa shape index (κ2) is 4.54. The minimum absolute atomic E-state index is 0.406. The molecule has 0 saturated carbocycles. The van der Waals surface area contributed by atoms with Crippen molar-refractivity contribution in [3.63, 3.8) is 0 Å². The van der Waals surface area contributed by atoms with Crippen LogP contribution in [-0.4, -0.2) is 24.1 Å². The number of alkyl halides is 4. The molecule has 0 heterocycles. The highest BCUT2D eigenvalue weighted by Gasteiger charge is 2.31. The summed E-state index contributed by atoms with van der Waals surface area (Å²) in [6, 6.07) is 0. The van der Waals surface area contributed by atoms with Crippen LogP contribution in [0.25, 0.3) is 0 Å². The van der Waals surface area contributed by atoms with Gasteiger partial charge in [-0.2, -0.15) is 13.2 Å². The molecule has 0 aliphatic carbocycles. The van der Waals surface area contributed by atoms with Gasteiger partial charge in [0.05, 0.1) is 11.8 Å². The Morgan fingerprint density at radius 3 is 2.42 bits per heavy atom. The van der Waals surface area contributed by atoms with Gasteiger partial charge in [0.2, 0.25) is 0 Å². The zero-order valence-electron chi connectivity index (χ0n) is 6.32. The first-order valence-corrected chi connectivity index (χ1v) is 3.59. The summed E-state index contributed by atoms with van der Waals surface area (Å²) in [6.07, 6.45) is -5.46. The third kappa shape index (κ3) is 7.65. The first-order chi connectivity index (χ1) is 5.31. The van der Waals surface area contributed by atoms with Crippen LogP contribution in [0.15, 0.2) is 0 Å². The molecule has 2 nitrogen and oxygen atoms in total. The van der Waals surface area contributed by atoms with Crippen LogP contribution in [0.1, 0.15) is 13.3 Å². The summed E-state index contributed by atoms with van der Waals surface area (Å²) in [5, 5.41) is -1.20. The van der Waals surface area contributed by atoms with Crippen molar-refractivity contribution in [2.24, 2.45) is 0 Å². The first kappa shape index (κ1) is 11.6. The molecule has 0 aliphatic rings. The Bertz CT molecular complexity index is 157. The fraction of sp³-hybridized carbons (Fsp3) is 0.833. The SMILES string of the molecule is CC(=O)OCC(Cl)CC(F)(F)F. The molecule has 0 aromatic heterocycles. The van der Waals surface area contributed by atoms with Gasteiger partial charge in [-0.3, -0.25) is 4.79 Å². The maximum atomic E-state index is 11.6. The quantitative estimate of drug-likeness (QED) is 0.520. The molecule has 1 unspecified atom stereocenters. The van der Waals surface area contributed by atoms with E-state index in [1.54, 1.807) is 0 Å². The topological polar surface area (TPSA) is 26.3 Å². The van der Waals surface area contributed by atoms with Crippen molar-refractivity contribution in [2.45, 2.75) is 24.9 Å². The standard InChI is InChI=1S/C6H8ClF3O2/c1-4(11)12-3-5(7)2-6(8,9)10/h5H,2-3H2,1H3. The Morgan fingerprint density at radius 1 is 1.58 bits per heavy atom. The molecule has 0 amide bonds. The molecular formula is C6H8ClF3O2. The second-order valence-electron chi connectivity index (χ2n) is 2.22. The van der Waals surface area contributed by atoms with Crippen molar-refractivity contribution in [1.82, 2.24) is 0 Å². The van der Waals surface area contributed by atoms with Crippen LogP contribution in [-0.2, 0) is 9.53 Å². The van der Waals surface area contributed by atoms with Crippen LogP contribution in [0.4, 0.5) is 13.2 Å². The number of esters is 1. The zero-order chi connectivity index (χ0) is 9.78. The summed E-state index contributed by atoms with van der Waals surface area (Å²) in [5.74, 6) is -0.636. The summed E-state index contributed by atoms with van der Waals surface area (Å²) >= 11 is 5.21. The third-order valence-corrected chi connectivity index (χ3v) is 1.20. The van der Waals surface area contributed by atoms with Crippen LogP contribution in [0.3, 0.4) is 0 Å². The highest BCUT2D eigenvalue weighted by Crippen LogP contribution is 2.24. The third-order valence-electron chi connectivity index (χ3n) is 0.920. The van der Waals surface area contributed by atoms with E-state index in [1.807, 2.05) is 0 Å². The molecule has 6 heteroatoms. The molecule has 0 aliphatic heterocycles. The van der Waals surface area contributed by atoms with Crippen LogP contribution in [0, 0.1) is 0 Å². The molecule has 0 saturated heterocycles. The average molecular weight is 205 g/mol. The van der Waals surface area contributed by atoms with Gasteiger partial charge in [-0.25, -0.2) is 0 Å². The fourth-order valence-electron chi connectivity index (χ4n) is 0.518. The van der Waals surface area contributed by atoms with E-state index in [2.05, 4.69) is 4.74 Å². The minimum Gasteiger partial charge on any atom is -0.464 e. The molecule has 0 radical (unpaired) electrons. The van der Waals surface area contributed by atoms with Crippen molar-refractivity contribution in [3.8, 4) is 0 Å². The molecule has 1 atom stereocenters. The zero-order valence-corrected chi connectivity index (χ0v) is 7.08. The van der Waals surface area contributed by atoms with Gasteiger partial charge in [-0.05, 0) is 0 Å². The van der Waals surface area contributed by atoms with Gasteiger partial charge >= 0.3 is 12.1 Å². The maximum Gasteiger partial charge on any atom is 0.390 e. The van der Waals surface area contributed by atoms with Gasteiger partial charge in [-0.1, -0.05) is 0 Å². The van der Waals surface area contributed by atoms with Gasteiger partial charge in [0.1, 0.15) is 6.61 Å². The summed E-state index contributed by atoms with van der Waals surface area (Å²) in [7, 11) is 0. The predicted octanol–water partition coefficient (Wildman–Crippen LogP) is 2.11. The Kier molecular flexibility index (Phi) is 4.37.